The molecule has 2 nitrogen and oxygen atoms in total. The zero-order chi connectivity index (χ0) is 7.84. The molecule has 0 amide bonds. The smallest absolute Gasteiger partial charge is 0.423 e. The maximum atomic E-state index is 9.23. The van der Waals surface area contributed by atoms with Gasteiger partial charge in [-0.15, -0.1) is 12.6 Å². The first-order valence-corrected chi connectivity index (χ1v) is 3.83. The molecule has 56 valence electrons. The van der Waals surface area contributed by atoms with Gasteiger partial charge in [-0.25, -0.2) is 0 Å². The molecule has 0 atom stereocenters. The van der Waals surface area contributed by atoms with E-state index in [4.69, 9.17) is 4.65 Å². The molecule has 1 N–H and O–H groups in total. The summed E-state index contributed by atoms with van der Waals surface area (Å²) in [6.45, 7) is 0.491. The number of hydrogen-bond donors (Lipinski definition) is 2. The van der Waals surface area contributed by atoms with Gasteiger partial charge < -0.3 is 9.68 Å². The second kappa shape index (κ2) is 2.55. The molecule has 1 aromatic carbocycles. The Hall–Kier alpha value is -0.445. The van der Waals surface area contributed by atoms with Crippen LogP contribution < -0.4 is 5.46 Å². The van der Waals surface area contributed by atoms with Crippen LogP contribution in [0.4, 0.5) is 0 Å². The van der Waals surface area contributed by atoms with Crippen molar-refractivity contribution in [2.75, 3.05) is 0 Å². The van der Waals surface area contributed by atoms with Gasteiger partial charge in [0.25, 0.3) is 0 Å². The van der Waals surface area contributed by atoms with Crippen LogP contribution >= 0.6 is 12.6 Å². The van der Waals surface area contributed by atoms with Gasteiger partial charge in [-0.05, 0) is 23.2 Å². The first-order chi connectivity index (χ1) is 5.27. The highest BCUT2D eigenvalue weighted by atomic mass is 32.1. The molecule has 4 heteroatoms. The third-order valence-corrected chi connectivity index (χ3v) is 2.07. The summed E-state index contributed by atoms with van der Waals surface area (Å²) in [4.78, 5) is 0.904. The number of thiol groups is 1. The van der Waals surface area contributed by atoms with Crippen molar-refractivity contribution < 1.29 is 9.68 Å². The monoisotopic (exact) mass is 166 g/mol. The lowest BCUT2D eigenvalue weighted by molar-refractivity contribution is 0.275. The molecule has 1 aliphatic heterocycles. The summed E-state index contributed by atoms with van der Waals surface area (Å²) in [5.41, 5.74) is 1.90. The molecule has 0 aliphatic carbocycles. The topological polar surface area (TPSA) is 29.5 Å². The van der Waals surface area contributed by atoms with Gasteiger partial charge in [-0.2, -0.15) is 0 Å². The lowest BCUT2D eigenvalue weighted by Gasteiger charge is -1.97. The van der Waals surface area contributed by atoms with Crippen molar-refractivity contribution in [1.29, 1.82) is 0 Å². The van der Waals surface area contributed by atoms with E-state index in [-0.39, 0.29) is 0 Å². The van der Waals surface area contributed by atoms with Gasteiger partial charge in [0.15, 0.2) is 0 Å². The minimum Gasteiger partial charge on any atom is -0.423 e. The van der Waals surface area contributed by atoms with E-state index in [0.717, 1.165) is 15.9 Å². The van der Waals surface area contributed by atoms with E-state index >= 15 is 0 Å². The van der Waals surface area contributed by atoms with Gasteiger partial charge in [0, 0.05) is 4.90 Å². The molecule has 0 aromatic heterocycles. The molecular formula is C7H7BO2S. The van der Waals surface area contributed by atoms with Crippen LogP contribution in [0.15, 0.2) is 23.1 Å². The van der Waals surface area contributed by atoms with Crippen molar-refractivity contribution in [3.8, 4) is 0 Å². The Morgan fingerprint density at radius 1 is 1.55 bits per heavy atom. The highest BCUT2D eigenvalue weighted by Gasteiger charge is 2.26. The number of fused-ring (bicyclic) bond motifs is 1. The van der Waals surface area contributed by atoms with Gasteiger partial charge >= 0.3 is 7.12 Å². The summed E-state index contributed by atoms with van der Waals surface area (Å²) < 4.78 is 5.00. The van der Waals surface area contributed by atoms with Gasteiger partial charge in [-0.3, -0.25) is 0 Å². The summed E-state index contributed by atoms with van der Waals surface area (Å²) in [5.74, 6) is 0. The van der Waals surface area contributed by atoms with Gasteiger partial charge in [0.05, 0.1) is 6.61 Å². The fourth-order valence-corrected chi connectivity index (χ4v) is 1.45. The quantitative estimate of drug-likeness (QED) is 0.425. The van der Waals surface area contributed by atoms with Crippen LogP contribution in [0.3, 0.4) is 0 Å². The Balaban J connectivity index is 2.50. The number of hydrogen-bond acceptors (Lipinski definition) is 3. The summed E-state index contributed by atoms with van der Waals surface area (Å²) in [6.07, 6.45) is 0. The van der Waals surface area contributed by atoms with E-state index in [9.17, 15) is 5.02 Å². The van der Waals surface area contributed by atoms with E-state index < -0.39 is 7.12 Å². The first-order valence-electron chi connectivity index (χ1n) is 3.39. The van der Waals surface area contributed by atoms with Crippen molar-refractivity contribution in [2.24, 2.45) is 0 Å². The molecule has 0 radical (unpaired) electrons. The molecule has 0 spiro atoms. The van der Waals surface area contributed by atoms with Gasteiger partial charge in [0.1, 0.15) is 0 Å². The fourth-order valence-electron chi connectivity index (χ4n) is 1.22. The average molecular weight is 166 g/mol. The van der Waals surface area contributed by atoms with E-state index in [1.807, 2.05) is 18.2 Å². The molecule has 11 heavy (non-hydrogen) atoms. The third kappa shape index (κ3) is 1.17. The Morgan fingerprint density at radius 3 is 3.18 bits per heavy atom. The van der Waals surface area contributed by atoms with Gasteiger partial charge in [0.2, 0.25) is 0 Å². The Bertz CT molecular complexity index is 290. The molecule has 0 saturated carbocycles. The second-order valence-corrected chi connectivity index (χ2v) is 3.06. The van der Waals surface area contributed by atoms with E-state index in [1.165, 1.54) is 0 Å². The molecule has 1 aliphatic rings. The highest BCUT2D eigenvalue weighted by molar-refractivity contribution is 7.80. The zero-order valence-electron chi connectivity index (χ0n) is 5.82. The lowest BCUT2D eigenvalue weighted by atomic mass is 9.80. The SMILES string of the molecule is OB1OCc2cc(S)ccc21. The van der Waals surface area contributed by atoms with Crippen molar-refractivity contribution in [3.63, 3.8) is 0 Å². The molecule has 2 rings (SSSR count). The summed E-state index contributed by atoms with van der Waals surface area (Å²) >= 11 is 4.18. The Morgan fingerprint density at radius 2 is 2.36 bits per heavy atom. The van der Waals surface area contributed by atoms with E-state index in [1.54, 1.807) is 0 Å². The Kier molecular flexibility index (Phi) is 1.67. The predicted octanol–water partition coefficient (Wildman–Crippen LogP) is 0.193. The van der Waals surface area contributed by atoms with Crippen LogP contribution in [-0.2, 0) is 11.3 Å². The van der Waals surface area contributed by atoms with Crippen LogP contribution in [-0.4, -0.2) is 12.1 Å². The maximum Gasteiger partial charge on any atom is 0.491 e. The van der Waals surface area contributed by atoms with Crippen molar-refractivity contribution >= 4 is 25.2 Å². The highest BCUT2D eigenvalue weighted by Crippen LogP contribution is 2.13. The number of rotatable bonds is 0. The fraction of sp³-hybridized carbons (Fsp3) is 0.143. The van der Waals surface area contributed by atoms with Crippen LogP contribution in [0.25, 0.3) is 0 Å². The zero-order valence-corrected chi connectivity index (χ0v) is 6.71. The van der Waals surface area contributed by atoms with E-state index in [2.05, 4.69) is 12.6 Å². The standard InChI is InChI=1S/C7H7BO2S/c9-8-7-2-1-6(11)3-5(7)4-10-8/h1-3,9,11H,4H2. The second-order valence-electron chi connectivity index (χ2n) is 2.55. The molecular weight excluding hydrogens is 159 g/mol. The maximum absolute atomic E-state index is 9.23. The van der Waals surface area contributed by atoms with Crippen molar-refractivity contribution in [1.82, 2.24) is 0 Å². The lowest BCUT2D eigenvalue weighted by Crippen LogP contribution is -2.27. The van der Waals surface area contributed by atoms with Crippen LogP contribution in [0, 0.1) is 0 Å². The molecule has 0 bridgehead atoms. The third-order valence-electron chi connectivity index (χ3n) is 1.79. The van der Waals surface area contributed by atoms with Crippen molar-refractivity contribution in [2.45, 2.75) is 11.5 Å². The molecule has 0 fully saturated rings. The minimum absolute atomic E-state index is 0.491. The number of benzene rings is 1. The molecule has 0 saturated heterocycles. The summed E-state index contributed by atoms with van der Waals surface area (Å²) in [7, 11) is -0.737. The van der Waals surface area contributed by atoms with Crippen LogP contribution in [0.2, 0.25) is 0 Å². The molecule has 0 unspecified atom stereocenters. The Labute approximate surface area is 70.7 Å². The first kappa shape index (κ1) is 7.22. The summed E-state index contributed by atoms with van der Waals surface area (Å²) in [5, 5.41) is 9.23. The van der Waals surface area contributed by atoms with Crippen molar-refractivity contribution in [3.05, 3.63) is 23.8 Å². The van der Waals surface area contributed by atoms with Crippen LogP contribution in [0.1, 0.15) is 5.56 Å². The van der Waals surface area contributed by atoms with Crippen LogP contribution in [0.5, 0.6) is 0 Å². The summed E-state index contributed by atoms with van der Waals surface area (Å²) in [6, 6.07) is 5.60. The normalized spacial score (nSPS) is 15.3. The van der Waals surface area contributed by atoms with E-state index in [0.29, 0.717) is 6.61 Å². The largest absolute Gasteiger partial charge is 0.491 e. The van der Waals surface area contributed by atoms with Gasteiger partial charge in [-0.1, -0.05) is 6.07 Å². The predicted molar refractivity (Wildman–Crippen MR) is 46.1 cm³/mol. The molecule has 1 aromatic rings. The average Bonchev–Trinajstić information content (AvgIpc) is 2.32. The molecule has 1 heterocycles. The minimum atomic E-state index is -0.737.